The van der Waals surface area contributed by atoms with Crippen LogP contribution in [-0.2, 0) is 14.3 Å². The minimum atomic E-state index is -0.674. The summed E-state index contributed by atoms with van der Waals surface area (Å²) in [6, 6.07) is 0. The number of hydrogen-bond acceptors (Lipinski definition) is 3. The number of aliphatic carboxylic acids is 1. The average molecular weight is 252 g/mol. The topological polar surface area (TPSA) is 59.1 Å². The number of rotatable bonds is 1. The zero-order valence-electron chi connectivity index (χ0n) is 10.7. The summed E-state index contributed by atoms with van der Waals surface area (Å²) in [6.07, 6.45) is 6.39. The normalized spacial score (nSPS) is 57.4. The van der Waals surface area contributed by atoms with Gasteiger partial charge in [0, 0.05) is 12.3 Å². The van der Waals surface area contributed by atoms with Gasteiger partial charge in [-0.1, -0.05) is 0 Å². The first-order chi connectivity index (χ1) is 8.53. The largest absolute Gasteiger partial charge is 0.481 e. The second-order valence-electron chi connectivity index (χ2n) is 6.85. The van der Waals surface area contributed by atoms with Crippen molar-refractivity contribution in [2.45, 2.75) is 69.4 Å². The molecule has 2 aliphatic carbocycles. The molecule has 3 aliphatic heterocycles. The van der Waals surface area contributed by atoms with Gasteiger partial charge in [-0.2, -0.15) is 0 Å². The van der Waals surface area contributed by atoms with Crippen LogP contribution in [0.15, 0.2) is 0 Å². The summed E-state index contributed by atoms with van der Waals surface area (Å²) in [6.45, 7) is 1.87. The molecule has 18 heavy (non-hydrogen) atoms. The fraction of sp³-hybridized carbons (Fsp3) is 0.929. The van der Waals surface area contributed by atoms with Crippen LogP contribution in [0.4, 0.5) is 0 Å². The maximum atomic E-state index is 11.4. The Labute approximate surface area is 107 Å². The number of epoxide rings is 1. The van der Waals surface area contributed by atoms with Crippen molar-refractivity contribution < 1.29 is 19.4 Å². The summed E-state index contributed by atoms with van der Waals surface area (Å²) in [7, 11) is 0. The zero-order valence-corrected chi connectivity index (χ0v) is 10.7. The van der Waals surface area contributed by atoms with Crippen molar-refractivity contribution in [3.8, 4) is 0 Å². The van der Waals surface area contributed by atoms with E-state index in [0.717, 1.165) is 32.1 Å². The summed E-state index contributed by atoms with van der Waals surface area (Å²) >= 11 is 0. The molecule has 3 heterocycles. The SMILES string of the molecule is CC1(C(=O)O)CCC2C(C1)OC1CCC23OC3C1. The van der Waals surface area contributed by atoms with Crippen LogP contribution in [0.5, 0.6) is 0 Å². The van der Waals surface area contributed by atoms with Crippen molar-refractivity contribution >= 4 is 5.97 Å². The van der Waals surface area contributed by atoms with E-state index in [0.29, 0.717) is 24.5 Å². The average Bonchev–Trinajstić information content (AvgIpc) is 3.05. The first-order valence-electron chi connectivity index (χ1n) is 7.10. The van der Waals surface area contributed by atoms with Crippen LogP contribution < -0.4 is 0 Å². The van der Waals surface area contributed by atoms with E-state index in [1.54, 1.807) is 0 Å². The maximum Gasteiger partial charge on any atom is 0.309 e. The lowest BCUT2D eigenvalue weighted by Crippen LogP contribution is -2.45. The van der Waals surface area contributed by atoms with E-state index >= 15 is 0 Å². The van der Waals surface area contributed by atoms with Crippen LogP contribution in [0.25, 0.3) is 0 Å². The highest BCUT2D eigenvalue weighted by atomic mass is 16.6. The van der Waals surface area contributed by atoms with Gasteiger partial charge < -0.3 is 14.6 Å². The molecule has 2 bridgehead atoms. The fourth-order valence-corrected chi connectivity index (χ4v) is 4.57. The highest BCUT2D eigenvalue weighted by molar-refractivity contribution is 5.74. The van der Waals surface area contributed by atoms with E-state index in [1.165, 1.54) is 0 Å². The number of carboxylic acid groups (broad SMARTS) is 1. The van der Waals surface area contributed by atoms with Crippen LogP contribution in [0.3, 0.4) is 0 Å². The number of ether oxygens (including phenoxy) is 2. The van der Waals surface area contributed by atoms with Gasteiger partial charge in [0.15, 0.2) is 0 Å². The first-order valence-corrected chi connectivity index (χ1v) is 7.10. The molecular formula is C14H20O4. The van der Waals surface area contributed by atoms with Gasteiger partial charge in [-0.3, -0.25) is 4.79 Å². The Morgan fingerprint density at radius 1 is 1.33 bits per heavy atom. The summed E-state index contributed by atoms with van der Waals surface area (Å²) in [5, 5.41) is 9.39. The molecule has 0 aromatic carbocycles. The Hall–Kier alpha value is -0.610. The van der Waals surface area contributed by atoms with E-state index < -0.39 is 11.4 Å². The highest BCUT2D eigenvalue weighted by Crippen LogP contribution is 2.61. The first kappa shape index (κ1) is 11.2. The third kappa shape index (κ3) is 1.31. The fourth-order valence-electron chi connectivity index (χ4n) is 4.57. The predicted octanol–water partition coefficient (Wildman–Crippen LogP) is 1.97. The molecule has 0 aromatic rings. The molecule has 0 amide bonds. The highest BCUT2D eigenvalue weighted by Gasteiger charge is 2.68. The Kier molecular flexibility index (Phi) is 2.05. The van der Waals surface area contributed by atoms with Crippen molar-refractivity contribution in [3.05, 3.63) is 0 Å². The van der Waals surface area contributed by atoms with Crippen LogP contribution in [-0.4, -0.2) is 35.0 Å². The lowest BCUT2D eigenvalue weighted by atomic mass is 9.65. The summed E-state index contributed by atoms with van der Waals surface area (Å²) < 4.78 is 12.2. The molecule has 0 radical (unpaired) electrons. The predicted molar refractivity (Wildman–Crippen MR) is 63.2 cm³/mol. The van der Waals surface area contributed by atoms with Crippen LogP contribution in [0.2, 0.25) is 0 Å². The molecular weight excluding hydrogens is 232 g/mol. The lowest BCUT2D eigenvalue weighted by molar-refractivity contribution is -0.158. The molecule has 1 spiro atoms. The molecule has 5 fully saturated rings. The Morgan fingerprint density at radius 3 is 2.89 bits per heavy atom. The van der Waals surface area contributed by atoms with Gasteiger partial charge in [0.05, 0.1) is 23.7 Å². The quantitative estimate of drug-likeness (QED) is 0.725. The van der Waals surface area contributed by atoms with Gasteiger partial charge in [0.25, 0.3) is 0 Å². The van der Waals surface area contributed by atoms with E-state index in [2.05, 4.69) is 0 Å². The molecule has 6 unspecified atom stereocenters. The molecule has 100 valence electrons. The molecule has 4 heteroatoms. The van der Waals surface area contributed by atoms with E-state index in [-0.39, 0.29) is 11.7 Å². The second-order valence-corrected chi connectivity index (χ2v) is 6.85. The Morgan fingerprint density at radius 2 is 2.17 bits per heavy atom. The van der Waals surface area contributed by atoms with Crippen molar-refractivity contribution in [2.24, 2.45) is 11.3 Å². The number of carbonyl (C=O) groups is 1. The summed E-state index contributed by atoms with van der Waals surface area (Å²) in [5.41, 5.74) is -0.538. The number of hydrogen-bond donors (Lipinski definition) is 1. The van der Waals surface area contributed by atoms with Crippen LogP contribution in [0.1, 0.15) is 45.4 Å². The molecule has 5 aliphatic rings. The smallest absolute Gasteiger partial charge is 0.309 e. The molecule has 2 saturated carbocycles. The second kappa shape index (κ2) is 3.28. The maximum absolute atomic E-state index is 11.4. The van der Waals surface area contributed by atoms with Gasteiger partial charge in [-0.05, 0) is 39.0 Å². The third-order valence-electron chi connectivity index (χ3n) is 5.80. The summed E-state index contributed by atoms with van der Waals surface area (Å²) in [4.78, 5) is 11.4. The molecule has 4 nitrogen and oxygen atoms in total. The monoisotopic (exact) mass is 252 g/mol. The molecule has 3 saturated heterocycles. The van der Waals surface area contributed by atoms with Crippen molar-refractivity contribution in [1.29, 1.82) is 0 Å². The van der Waals surface area contributed by atoms with Gasteiger partial charge in [-0.25, -0.2) is 0 Å². The molecule has 1 N–H and O–H groups in total. The van der Waals surface area contributed by atoms with Gasteiger partial charge in [-0.15, -0.1) is 0 Å². The minimum Gasteiger partial charge on any atom is -0.481 e. The number of carboxylic acids is 1. The van der Waals surface area contributed by atoms with Crippen LogP contribution >= 0.6 is 0 Å². The molecule has 6 atom stereocenters. The van der Waals surface area contributed by atoms with Gasteiger partial charge in [0.1, 0.15) is 5.60 Å². The lowest BCUT2D eigenvalue weighted by Gasteiger charge is -2.40. The van der Waals surface area contributed by atoms with Crippen molar-refractivity contribution in [1.82, 2.24) is 0 Å². The minimum absolute atomic E-state index is 0.0670. The van der Waals surface area contributed by atoms with Gasteiger partial charge >= 0.3 is 5.97 Å². The standard InChI is InChI=1S/C14H20O4/c1-13(12(15)16)4-3-9-10(7-13)17-8-2-5-14(9)11(6-8)18-14/h8-11H,2-7H2,1H3,(H,15,16). The van der Waals surface area contributed by atoms with Crippen molar-refractivity contribution in [3.63, 3.8) is 0 Å². The molecule has 0 aromatic heterocycles. The number of fused-ring (bicyclic) bond motifs is 1. The third-order valence-corrected chi connectivity index (χ3v) is 5.80. The van der Waals surface area contributed by atoms with Crippen LogP contribution in [0, 0.1) is 11.3 Å². The van der Waals surface area contributed by atoms with E-state index in [9.17, 15) is 9.90 Å². The van der Waals surface area contributed by atoms with Gasteiger partial charge in [0.2, 0.25) is 0 Å². The summed E-state index contributed by atoms with van der Waals surface area (Å²) in [5.74, 6) is -0.241. The Bertz CT molecular complexity index is 409. The zero-order chi connectivity index (χ0) is 12.5. The van der Waals surface area contributed by atoms with E-state index in [4.69, 9.17) is 9.47 Å². The molecule has 5 rings (SSSR count). The Balaban J connectivity index is 1.64. The van der Waals surface area contributed by atoms with E-state index in [1.807, 2.05) is 6.92 Å². The van der Waals surface area contributed by atoms with Crippen molar-refractivity contribution in [2.75, 3.05) is 0 Å².